The topological polar surface area (TPSA) is 0 Å². The molecule has 0 radical (unpaired) electrons. The SMILES string of the molecule is CCCC(Cc1ccccc1)C1=CC=CC(=S)C1=S. The van der Waals surface area contributed by atoms with Gasteiger partial charge in [-0.25, -0.2) is 0 Å². The minimum atomic E-state index is 0.475. The second-order valence-electron chi connectivity index (χ2n) is 4.85. The van der Waals surface area contributed by atoms with Crippen LogP contribution in [-0.2, 0) is 6.42 Å². The zero-order valence-electron chi connectivity index (χ0n) is 11.1. The fraction of sp³-hybridized carbons (Fsp3) is 0.294. The molecule has 0 fully saturated rings. The van der Waals surface area contributed by atoms with Gasteiger partial charge in [0.15, 0.2) is 0 Å². The molecule has 0 nitrogen and oxygen atoms in total. The Morgan fingerprint density at radius 2 is 1.84 bits per heavy atom. The van der Waals surface area contributed by atoms with Crippen LogP contribution in [0.4, 0.5) is 0 Å². The van der Waals surface area contributed by atoms with Crippen LogP contribution in [0, 0.1) is 5.92 Å². The van der Waals surface area contributed by atoms with Gasteiger partial charge in [-0.15, -0.1) is 0 Å². The molecule has 0 N–H and O–H groups in total. The van der Waals surface area contributed by atoms with Gasteiger partial charge in [-0.3, -0.25) is 0 Å². The van der Waals surface area contributed by atoms with Crippen LogP contribution < -0.4 is 0 Å². The Hall–Kier alpha value is -1.12. The molecule has 0 saturated carbocycles. The van der Waals surface area contributed by atoms with E-state index in [4.69, 9.17) is 24.4 Å². The number of benzene rings is 1. The van der Waals surface area contributed by atoms with Crippen molar-refractivity contribution in [2.24, 2.45) is 5.92 Å². The van der Waals surface area contributed by atoms with E-state index in [-0.39, 0.29) is 0 Å². The van der Waals surface area contributed by atoms with E-state index in [1.165, 1.54) is 11.1 Å². The van der Waals surface area contributed by atoms with Crippen LogP contribution in [0.3, 0.4) is 0 Å². The van der Waals surface area contributed by atoms with Gasteiger partial charge in [0.05, 0.1) is 9.73 Å². The Labute approximate surface area is 126 Å². The summed E-state index contributed by atoms with van der Waals surface area (Å²) in [4.78, 5) is 1.67. The van der Waals surface area contributed by atoms with Crippen molar-refractivity contribution in [1.82, 2.24) is 0 Å². The highest BCUT2D eigenvalue weighted by molar-refractivity contribution is 7.90. The third-order valence-corrected chi connectivity index (χ3v) is 4.34. The van der Waals surface area contributed by atoms with E-state index in [1.54, 1.807) is 0 Å². The monoisotopic (exact) mass is 286 g/mol. The Morgan fingerprint density at radius 3 is 2.53 bits per heavy atom. The first kappa shape index (κ1) is 14.3. The summed E-state index contributed by atoms with van der Waals surface area (Å²) >= 11 is 10.8. The maximum absolute atomic E-state index is 5.50. The van der Waals surface area contributed by atoms with Crippen molar-refractivity contribution in [2.75, 3.05) is 0 Å². The summed E-state index contributed by atoms with van der Waals surface area (Å²) in [6.07, 6.45) is 9.44. The number of hydrogen-bond acceptors (Lipinski definition) is 2. The fourth-order valence-corrected chi connectivity index (χ4v) is 2.97. The van der Waals surface area contributed by atoms with Gasteiger partial charge < -0.3 is 0 Å². The van der Waals surface area contributed by atoms with E-state index in [0.717, 1.165) is 29.0 Å². The summed E-state index contributed by atoms with van der Waals surface area (Å²) in [5.41, 5.74) is 2.61. The second kappa shape index (κ2) is 6.88. The molecule has 19 heavy (non-hydrogen) atoms. The van der Waals surface area contributed by atoms with Crippen molar-refractivity contribution in [2.45, 2.75) is 26.2 Å². The second-order valence-corrected chi connectivity index (χ2v) is 5.70. The lowest BCUT2D eigenvalue weighted by atomic mass is 9.84. The molecule has 1 aromatic rings. The highest BCUT2D eigenvalue weighted by Crippen LogP contribution is 2.26. The lowest BCUT2D eigenvalue weighted by Crippen LogP contribution is -2.21. The first-order chi connectivity index (χ1) is 9.22. The molecule has 0 saturated heterocycles. The average molecular weight is 286 g/mol. The average Bonchev–Trinajstić information content (AvgIpc) is 2.43. The molecule has 0 spiro atoms. The summed E-state index contributed by atoms with van der Waals surface area (Å²) in [7, 11) is 0. The number of hydrogen-bond donors (Lipinski definition) is 0. The van der Waals surface area contributed by atoms with E-state index < -0.39 is 0 Å². The van der Waals surface area contributed by atoms with Crippen molar-refractivity contribution in [3.63, 3.8) is 0 Å². The first-order valence-electron chi connectivity index (χ1n) is 6.73. The summed E-state index contributed by atoms with van der Waals surface area (Å²) in [5, 5.41) is 0. The van der Waals surface area contributed by atoms with Crippen LogP contribution in [-0.4, -0.2) is 9.73 Å². The number of allylic oxidation sites excluding steroid dienone is 4. The molecule has 98 valence electrons. The van der Waals surface area contributed by atoms with E-state index in [0.29, 0.717) is 5.92 Å². The van der Waals surface area contributed by atoms with Crippen molar-refractivity contribution in [3.8, 4) is 0 Å². The maximum Gasteiger partial charge on any atom is 0.0592 e. The molecular weight excluding hydrogens is 268 g/mol. The summed E-state index contributed by atoms with van der Waals surface area (Å²) < 4.78 is 0. The number of thiocarbonyl (C=S) groups is 2. The first-order valence-corrected chi connectivity index (χ1v) is 7.55. The Morgan fingerprint density at radius 1 is 1.11 bits per heavy atom. The third kappa shape index (κ3) is 3.68. The van der Waals surface area contributed by atoms with Gasteiger partial charge in [0.25, 0.3) is 0 Å². The lowest BCUT2D eigenvalue weighted by molar-refractivity contribution is 0.565. The summed E-state index contributed by atoms with van der Waals surface area (Å²) in [6, 6.07) is 10.6. The van der Waals surface area contributed by atoms with Crippen molar-refractivity contribution in [1.29, 1.82) is 0 Å². The van der Waals surface area contributed by atoms with Gasteiger partial charge in [0.1, 0.15) is 0 Å². The standard InChI is InChI=1S/C17H18S2/c1-2-7-14(12-13-8-4-3-5-9-13)15-10-6-11-16(18)17(15)19/h3-6,8-11,14H,2,7,12H2,1H3. The minimum absolute atomic E-state index is 0.475. The number of rotatable bonds is 5. The van der Waals surface area contributed by atoms with Crippen molar-refractivity contribution >= 4 is 34.2 Å². The molecule has 1 aliphatic rings. The van der Waals surface area contributed by atoms with Gasteiger partial charge in [-0.1, -0.05) is 80.3 Å². The zero-order chi connectivity index (χ0) is 13.7. The van der Waals surface area contributed by atoms with Gasteiger partial charge in [0.2, 0.25) is 0 Å². The van der Waals surface area contributed by atoms with Gasteiger partial charge in [-0.05, 0) is 36.0 Å². The predicted octanol–water partition coefficient (Wildman–Crippen LogP) is 4.88. The largest absolute Gasteiger partial charge is 0.0785 e. The Bertz CT molecular complexity index is 523. The quantitative estimate of drug-likeness (QED) is 0.707. The normalized spacial score (nSPS) is 16.4. The predicted molar refractivity (Wildman–Crippen MR) is 91.0 cm³/mol. The molecule has 0 bridgehead atoms. The highest BCUT2D eigenvalue weighted by atomic mass is 32.1. The van der Waals surface area contributed by atoms with Crippen molar-refractivity contribution in [3.05, 3.63) is 59.7 Å². The molecule has 0 heterocycles. The van der Waals surface area contributed by atoms with Crippen LogP contribution >= 0.6 is 24.4 Å². The molecule has 1 aromatic carbocycles. The van der Waals surface area contributed by atoms with Gasteiger partial charge in [0, 0.05) is 0 Å². The summed E-state index contributed by atoms with van der Waals surface area (Å²) in [5.74, 6) is 0.475. The highest BCUT2D eigenvalue weighted by Gasteiger charge is 2.20. The zero-order valence-corrected chi connectivity index (χ0v) is 12.8. The van der Waals surface area contributed by atoms with E-state index in [9.17, 15) is 0 Å². The molecule has 1 aliphatic carbocycles. The van der Waals surface area contributed by atoms with Gasteiger partial charge in [-0.2, -0.15) is 0 Å². The molecule has 1 atom stereocenters. The van der Waals surface area contributed by atoms with E-state index in [2.05, 4.69) is 43.3 Å². The summed E-state index contributed by atoms with van der Waals surface area (Å²) in [6.45, 7) is 2.22. The Kier molecular flexibility index (Phi) is 5.17. The van der Waals surface area contributed by atoms with Crippen LogP contribution in [0.25, 0.3) is 0 Å². The Balaban J connectivity index is 2.21. The maximum atomic E-state index is 5.50. The van der Waals surface area contributed by atoms with Crippen LogP contribution in [0.15, 0.2) is 54.1 Å². The van der Waals surface area contributed by atoms with Crippen LogP contribution in [0.2, 0.25) is 0 Å². The van der Waals surface area contributed by atoms with Gasteiger partial charge >= 0.3 is 0 Å². The molecular formula is C17H18S2. The molecule has 1 unspecified atom stereocenters. The molecule has 0 aliphatic heterocycles. The molecule has 0 aromatic heterocycles. The van der Waals surface area contributed by atoms with Crippen molar-refractivity contribution < 1.29 is 0 Å². The van der Waals surface area contributed by atoms with E-state index >= 15 is 0 Å². The molecule has 2 rings (SSSR count). The third-order valence-electron chi connectivity index (χ3n) is 3.41. The van der Waals surface area contributed by atoms with Crippen LogP contribution in [0.5, 0.6) is 0 Å². The molecule has 2 heteroatoms. The molecule has 0 amide bonds. The van der Waals surface area contributed by atoms with Crippen LogP contribution in [0.1, 0.15) is 25.3 Å². The van der Waals surface area contributed by atoms with E-state index in [1.807, 2.05) is 12.2 Å². The lowest BCUT2D eigenvalue weighted by Gasteiger charge is -2.22. The minimum Gasteiger partial charge on any atom is -0.0785 e. The fourth-order valence-electron chi connectivity index (χ4n) is 2.47. The smallest absolute Gasteiger partial charge is 0.0592 e.